The minimum atomic E-state index is -0.736. The molecule has 0 aliphatic rings. The zero-order valence-corrected chi connectivity index (χ0v) is 9.89. The van der Waals surface area contributed by atoms with Crippen molar-refractivity contribution in [2.75, 3.05) is 7.11 Å². The number of hydrogen-bond donors (Lipinski definition) is 0. The van der Waals surface area contributed by atoms with E-state index in [1.807, 2.05) is 6.07 Å². The maximum absolute atomic E-state index is 12.1. The molecular formula is C14H16O3. The quantitative estimate of drug-likeness (QED) is 0.328. The van der Waals surface area contributed by atoms with Gasteiger partial charge < -0.3 is 4.74 Å². The molecule has 0 fully saturated rings. The van der Waals surface area contributed by atoms with Crippen molar-refractivity contribution in [2.45, 2.75) is 12.8 Å². The first kappa shape index (κ1) is 13.2. The third-order valence-electron chi connectivity index (χ3n) is 2.52. The summed E-state index contributed by atoms with van der Waals surface area (Å²) in [6.07, 6.45) is 2.73. The zero-order valence-electron chi connectivity index (χ0n) is 9.89. The number of carbonyl (C=O) groups is 2. The van der Waals surface area contributed by atoms with Crippen LogP contribution in [0.3, 0.4) is 0 Å². The lowest BCUT2D eigenvalue weighted by Crippen LogP contribution is -2.25. The van der Waals surface area contributed by atoms with E-state index in [1.165, 1.54) is 7.11 Å². The molecule has 1 aromatic rings. The predicted octanol–water partition coefficient (Wildman–Crippen LogP) is 2.62. The summed E-state index contributed by atoms with van der Waals surface area (Å²) in [6, 6.07) is 8.77. The Morgan fingerprint density at radius 2 is 2.00 bits per heavy atom. The van der Waals surface area contributed by atoms with E-state index in [9.17, 15) is 9.59 Å². The monoisotopic (exact) mass is 232 g/mol. The molecular weight excluding hydrogens is 216 g/mol. The van der Waals surface area contributed by atoms with Gasteiger partial charge in [-0.1, -0.05) is 36.4 Å². The molecule has 1 atom stereocenters. The van der Waals surface area contributed by atoms with Crippen LogP contribution in [0.4, 0.5) is 0 Å². The zero-order chi connectivity index (χ0) is 12.7. The molecule has 0 aromatic heterocycles. The molecule has 1 aromatic carbocycles. The first-order chi connectivity index (χ1) is 8.20. The molecule has 3 heteroatoms. The van der Waals surface area contributed by atoms with Crippen molar-refractivity contribution >= 4 is 11.8 Å². The second-order valence-corrected chi connectivity index (χ2v) is 3.67. The van der Waals surface area contributed by atoms with E-state index in [-0.39, 0.29) is 5.78 Å². The van der Waals surface area contributed by atoms with E-state index >= 15 is 0 Å². The molecule has 1 unspecified atom stereocenters. The van der Waals surface area contributed by atoms with Gasteiger partial charge in [-0.3, -0.25) is 9.59 Å². The van der Waals surface area contributed by atoms with E-state index in [0.717, 1.165) is 0 Å². The maximum atomic E-state index is 12.1. The van der Waals surface area contributed by atoms with Gasteiger partial charge in [0, 0.05) is 5.56 Å². The summed E-state index contributed by atoms with van der Waals surface area (Å²) in [5.74, 6) is -1.42. The minimum Gasteiger partial charge on any atom is -0.468 e. The van der Waals surface area contributed by atoms with Crippen LogP contribution in [0.2, 0.25) is 0 Å². The van der Waals surface area contributed by atoms with Crippen molar-refractivity contribution < 1.29 is 14.3 Å². The third-order valence-corrected chi connectivity index (χ3v) is 2.52. The molecule has 0 saturated carbocycles. The number of ether oxygens (including phenoxy) is 1. The topological polar surface area (TPSA) is 43.4 Å². The van der Waals surface area contributed by atoms with Crippen LogP contribution in [-0.2, 0) is 9.53 Å². The van der Waals surface area contributed by atoms with Crippen molar-refractivity contribution in [1.29, 1.82) is 0 Å². The fraction of sp³-hybridized carbons (Fsp3) is 0.286. The van der Waals surface area contributed by atoms with Crippen LogP contribution in [0.15, 0.2) is 43.0 Å². The van der Waals surface area contributed by atoms with Crippen LogP contribution >= 0.6 is 0 Å². The summed E-state index contributed by atoms with van der Waals surface area (Å²) in [6.45, 7) is 3.59. The highest BCUT2D eigenvalue weighted by atomic mass is 16.5. The normalized spacial score (nSPS) is 11.6. The molecule has 3 nitrogen and oxygen atoms in total. The second-order valence-electron chi connectivity index (χ2n) is 3.67. The number of esters is 1. The third kappa shape index (κ3) is 3.55. The molecule has 17 heavy (non-hydrogen) atoms. The highest BCUT2D eigenvalue weighted by Gasteiger charge is 2.27. The van der Waals surface area contributed by atoms with Crippen molar-refractivity contribution in [3.63, 3.8) is 0 Å². The van der Waals surface area contributed by atoms with E-state index in [2.05, 4.69) is 11.3 Å². The Kier molecular flexibility index (Phi) is 5.14. The summed E-state index contributed by atoms with van der Waals surface area (Å²) in [7, 11) is 1.29. The van der Waals surface area contributed by atoms with Gasteiger partial charge in [0.2, 0.25) is 0 Å². The lowest BCUT2D eigenvalue weighted by molar-refractivity contribution is -0.143. The van der Waals surface area contributed by atoms with Crippen LogP contribution in [0, 0.1) is 5.92 Å². The summed E-state index contributed by atoms with van der Waals surface area (Å²) < 4.78 is 4.66. The first-order valence-corrected chi connectivity index (χ1v) is 5.48. The average molecular weight is 232 g/mol. The van der Waals surface area contributed by atoms with Gasteiger partial charge in [-0.15, -0.1) is 6.58 Å². The Morgan fingerprint density at radius 1 is 1.35 bits per heavy atom. The minimum absolute atomic E-state index is 0.195. The molecule has 0 saturated heterocycles. The summed E-state index contributed by atoms with van der Waals surface area (Å²) in [4.78, 5) is 23.7. The molecule has 90 valence electrons. The van der Waals surface area contributed by atoms with Gasteiger partial charge in [-0.25, -0.2) is 0 Å². The van der Waals surface area contributed by atoms with Crippen LogP contribution < -0.4 is 0 Å². The highest BCUT2D eigenvalue weighted by molar-refractivity contribution is 6.08. The maximum Gasteiger partial charge on any atom is 0.316 e. The Balaban J connectivity index is 2.86. The van der Waals surface area contributed by atoms with E-state index in [4.69, 9.17) is 0 Å². The summed E-state index contributed by atoms with van der Waals surface area (Å²) >= 11 is 0. The van der Waals surface area contributed by atoms with E-state index in [0.29, 0.717) is 18.4 Å². The Labute approximate surface area is 101 Å². The smallest absolute Gasteiger partial charge is 0.316 e. The summed E-state index contributed by atoms with van der Waals surface area (Å²) in [5.41, 5.74) is 0.534. The second kappa shape index (κ2) is 6.63. The lowest BCUT2D eigenvalue weighted by atomic mass is 9.93. The predicted molar refractivity (Wildman–Crippen MR) is 65.7 cm³/mol. The number of carbonyl (C=O) groups excluding carboxylic acids is 2. The van der Waals surface area contributed by atoms with Crippen molar-refractivity contribution in [3.05, 3.63) is 48.6 Å². The SMILES string of the molecule is C=CCCC(C(=O)OC)C(=O)c1ccccc1. The fourth-order valence-corrected chi connectivity index (χ4v) is 1.59. The standard InChI is InChI=1S/C14H16O3/c1-3-4-10-12(14(16)17-2)13(15)11-8-6-5-7-9-11/h3,5-9,12H,1,4,10H2,2H3. The van der Waals surface area contributed by atoms with Crippen LogP contribution in [0.1, 0.15) is 23.2 Å². The van der Waals surface area contributed by atoms with Crippen LogP contribution in [0.5, 0.6) is 0 Å². The molecule has 0 aliphatic carbocycles. The molecule has 0 N–H and O–H groups in total. The fourth-order valence-electron chi connectivity index (χ4n) is 1.59. The Bertz CT molecular complexity index is 395. The largest absolute Gasteiger partial charge is 0.468 e. The molecule has 0 amide bonds. The molecule has 0 spiro atoms. The number of allylic oxidation sites excluding steroid dienone is 1. The summed E-state index contributed by atoms with van der Waals surface area (Å²) in [5, 5.41) is 0. The van der Waals surface area contributed by atoms with Gasteiger partial charge in [0.15, 0.2) is 5.78 Å². The number of rotatable bonds is 6. The van der Waals surface area contributed by atoms with Gasteiger partial charge >= 0.3 is 5.97 Å². The highest BCUT2D eigenvalue weighted by Crippen LogP contribution is 2.16. The number of hydrogen-bond acceptors (Lipinski definition) is 3. The van der Waals surface area contributed by atoms with Crippen molar-refractivity contribution in [3.8, 4) is 0 Å². The lowest BCUT2D eigenvalue weighted by Gasteiger charge is -2.12. The molecule has 0 radical (unpaired) electrons. The van der Waals surface area contributed by atoms with Gasteiger partial charge in [0.05, 0.1) is 7.11 Å². The van der Waals surface area contributed by atoms with Gasteiger partial charge in [-0.2, -0.15) is 0 Å². The number of Topliss-reactive ketones (excluding diaryl/α,β-unsaturated/α-hetero) is 1. The van der Waals surface area contributed by atoms with Gasteiger partial charge in [-0.05, 0) is 12.8 Å². The number of methoxy groups -OCH3 is 1. The molecule has 0 aliphatic heterocycles. The number of ketones is 1. The molecule has 0 bridgehead atoms. The average Bonchev–Trinajstić information content (AvgIpc) is 2.39. The van der Waals surface area contributed by atoms with Crippen LogP contribution in [0.25, 0.3) is 0 Å². The van der Waals surface area contributed by atoms with Gasteiger partial charge in [0.1, 0.15) is 5.92 Å². The Hall–Kier alpha value is -1.90. The van der Waals surface area contributed by atoms with Crippen molar-refractivity contribution in [1.82, 2.24) is 0 Å². The van der Waals surface area contributed by atoms with Crippen molar-refractivity contribution in [2.24, 2.45) is 5.92 Å². The first-order valence-electron chi connectivity index (χ1n) is 5.48. The van der Waals surface area contributed by atoms with E-state index < -0.39 is 11.9 Å². The number of benzene rings is 1. The van der Waals surface area contributed by atoms with Gasteiger partial charge in [0.25, 0.3) is 0 Å². The molecule has 1 rings (SSSR count). The Morgan fingerprint density at radius 3 is 2.53 bits per heavy atom. The van der Waals surface area contributed by atoms with E-state index in [1.54, 1.807) is 30.3 Å². The van der Waals surface area contributed by atoms with Crippen LogP contribution in [-0.4, -0.2) is 18.9 Å². The molecule has 0 heterocycles.